The van der Waals surface area contributed by atoms with E-state index in [0.29, 0.717) is 22.9 Å². The third-order valence-corrected chi connectivity index (χ3v) is 5.97. The number of fused-ring (bicyclic) bond motifs is 1. The van der Waals surface area contributed by atoms with E-state index in [1.807, 2.05) is 20.8 Å². The fourth-order valence-corrected chi connectivity index (χ4v) is 4.44. The molecular formula is C27H34N2O2. The average molecular weight is 419 g/mol. The van der Waals surface area contributed by atoms with Crippen molar-refractivity contribution in [1.82, 2.24) is 0 Å². The first-order valence-corrected chi connectivity index (χ1v) is 11.2. The van der Waals surface area contributed by atoms with Crippen LogP contribution in [0.4, 0.5) is 5.69 Å². The smallest absolute Gasteiger partial charge is 0.248 e. The van der Waals surface area contributed by atoms with Crippen LogP contribution >= 0.6 is 0 Å². The summed E-state index contributed by atoms with van der Waals surface area (Å²) in [7, 11) is 0. The van der Waals surface area contributed by atoms with Crippen LogP contribution < -0.4 is 10.5 Å². The number of nitrogens with two attached hydrogens (primary N) is 1. The Bertz CT molecular complexity index is 1050. The van der Waals surface area contributed by atoms with Crippen molar-refractivity contribution in [3.63, 3.8) is 0 Å². The van der Waals surface area contributed by atoms with Gasteiger partial charge in [-0.2, -0.15) is 0 Å². The number of carbonyl (C=O) groups excluding carboxylic acids is 1. The van der Waals surface area contributed by atoms with Crippen molar-refractivity contribution in [1.29, 1.82) is 0 Å². The number of carbonyl (C=O) groups is 1. The Labute approximate surface area is 186 Å². The zero-order valence-electron chi connectivity index (χ0n) is 19.6. The molecule has 2 aromatic carbocycles. The van der Waals surface area contributed by atoms with Crippen molar-refractivity contribution in [3.8, 4) is 5.75 Å². The van der Waals surface area contributed by atoms with E-state index < -0.39 is 5.91 Å². The number of benzene rings is 2. The van der Waals surface area contributed by atoms with Gasteiger partial charge in [-0.3, -0.25) is 9.79 Å². The maximum Gasteiger partial charge on any atom is 0.248 e. The summed E-state index contributed by atoms with van der Waals surface area (Å²) in [4.78, 5) is 16.5. The molecule has 0 bridgehead atoms. The molecule has 31 heavy (non-hydrogen) atoms. The van der Waals surface area contributed by atoms with Crippen molar-refractivity contribution in [3.05, 3.63) is 63.7 Å². The minimum atomic E-state index is -0.464. The first-order valence-electron chi connectivity index (χ1n) is 11.2. The number of hydrogen-bond acceptors (Lipinski definition) is 3. The molecule has 0 saturated carbocycles. The van der Waals surface area contributed by atoms with Crippen LogP contribution in [-0.4, -0.2) is 17.7 Å². The zero-order chi connectivity index (χ0) is 22.7. The fourth-order valence-electron chi connectivity index (χ4n) is 4.44. The van der Waals surface area contributed by atoms with Crippen LogP contribution in [0.3, 0.4) is 0 Å². The highest BCUT2D eigenvalue weighted by molar-refractivity contribution is 5.95. The monoisotopic (exact) mass is 418 g/mol. The second kappa shape index (κ2) is 9.51. The normalized spacial score (nSPS) is 15.8. The topological polar surface area (TPSA) is 64.7 Å². The molecule has 0 fully saturated rings. The van der Waals surface area contributed by atoms with Gasteiger partial charge in [0.25, 0.3) is 0 Å². The second-order valence-electron chi connectivity index (χ2n) is 8.77. The van der Waals surface area contributed by atoms with Crippen LogP contribution in [0.5, 0.6) is 5.75 Å². The molecule has 0 saturated heterocycles. The van der Waals surface area contributed by atoms with Crippen LogP contribution in [0, 0.1) is 6.92 Å². The van der Waals surface area contributed by atoms with E-state index in [-0.39, 0.29) is 6.10 Å². The molecule has 0 spiro atoms. The van der Waals surface area contributed by atoms with Gasteiger partial charge >= 0.3 is 0 Å². The van der Waals surface area contributed by atoms with Gasteiger partial charge in [0, 0.05) is 17.2 Å². The number of aliphatic imine (C=N–C) groups is 1. The highest BCUT2D eigenvalue weighted by Crippen LogP contribution is 2.41. The number of primary amides is 1. The highest BCUT2D eigenvalue weighted by atomic mass is 16.5. The third kappa shape index (κ3) is 5.07. The first kappa shape index (κ1) is 22.8. The van der Waals surface area contributed by atoms with E-state index in [1.165, 1.54) is 27.8 Å². The lowest BCUT2D eigenvalue weighted by Crippen LogP contribution is -2.11. The predicted molar refractivity (Wildman–Crippen MR) is 130 cm³/mol. The van der Waals surface area contributed by atoms with E-state index in [4.69, 9.17) is 15.5 Å². The molecular weight excluding hydrogens is 384 g/mol. The Kier molecular flexibility index (Phi) is 6.99. The fraction of sp³-hybridized carbons (Fsp3) is 0.407. The van der Waals surface area contributed by atoms with E-state index >= 15 is 0 Å². The number of aryl methyl sites for hydroxylation is 1. The van der Waals surface area contributed by atoms with Crippen molar-refractivity contribution in [2.45, 2.75) is 72.8 Å². The molecule has 1 amide bonds. The van der Waals surface area contributed by atoms with E-state index in [0.717, 1.165) is 25.0 Å². The van der Waals surface area contributed by atoms with Gasteiger partial charge in [-0.25, -0.2) is 0 Å². The number of nitrogens with zero attached hydrogens (tertiary/aromatic N) is 1. The van der Waals surface area contributed by atoms with Gasteiger partial charge < -0.3 is 10.5 Å². The maximum atomic E-state index is 11.6. The summed E-state index contributed by atoms with van der Waals surface area (Å²) in [5.41, 5.74) is 14.7. The van der Waals surface area contributed by atoms with Crippen LogP contribution in [-0.2, 0) is 6.42 Å². The van der Waals surface area contributed by atoms with Gasteiger partial charge in [-0.1, -0.05) is 30.7 Å². The van der Waals surface area contributed by atoms with Crippen molar-refractivity contribution in [2.75, 3.05) is 0 Å². The Hall–Kier alpha value is -2.88. The lowest BCUT2D eigenvalue weighted by Gasteiger charge is -2.19. The van der Waals surface area contributed by atoms with Gasteiger partial charge in [0.05, 0.1) is 6.10 Å². The predicted octanol–water partition coefficient (Wildman–Crippen LogP) is 6.52. The quantitative estimate of drug-likeness (QED) is 0.496. The summed E-state index contributed by atoms with van der Waals surface area (Å²) < 4.78 is 5.90. The summed E-state index contributed by atoms with van der Waals surface area (Å²) in [6.07, 6.45) is 5.25. The summed E-state index contributed by atoms with van der Waals surface area (Å²) in [6, 6.07) is 9.66. The molecule has 164 valence electrons. The molecule has 1 aliphatic rings. The molecule has 3 rings (SSSR count). The summed E-state index contributed by atoms with van der Waals surface area (Å²) in [5, 5.41) is 0. The lowest BCUT2D eigenvalue weighted by molar-refractivity contribution is 0.100. The number of ether oxygens (including phenoxy) is 1. The van der Waals surface area contributed by atoms with Gasteiger partial charge in [0.15, 0.2) is 0 Å². The molecule has 0 radical (unpaired) electrons. The molecule has 1 aliphatic carbocycles. The maximum absolute atomic E-state index is 11.6. The first-order chi connectivity index (χ1) is 14.7. The van der Waals surface area contributed by atoms with Crippen LogP contribution in [0.15, 0.2) is 40.9 Å². The van der Waals surface area contributed by atoms with Crippen LogP contribution in [0.1, 0.15) is 86.0 Å². The second-order valence-corrected chi connectivity index (χ2v) is 8.77. The van der Waals surface area contributed by atoms with Crippen LogP contribution in [0.25, 0.3) is 6.08 Å². The van der Waals surface area contributed by atoms with Crippen LogP contribution in [0.2, 0.25) is 0 Å². The number of hydrogen-bond donors (Lipinski definition) is 1. The highest BCUT2D eigenvalue weighted by Gasteiger charge is 2.24. The Morgan fingerprint density at radius 3 is 2.58 bits per heavy atom. The molecule has 4 nitrogen and oxygen atoms in total. The standard InChI is InChI=1S/C27H34N2O2/c1-7-22-18(5)14-20-10-8-17(4)23(26(20)22)12-9-19(6)29-24-15-21(27(28)30)11-13-25(24)31-16(2)3/h8,10-11,13-16,22H,7,9,12H2,1-6H3,(H2,28,30). The number of allylic oxidation sites excluding steroid dienone is 1. The number of rotatable bonds is 8. The van der Waals surface area contributed by atoms with Gasteiger partial charge in [-0.05, 0) is 94.3 Å². The summed E-state index contributed by atoms with van der Waals surface area (Å²) >= 11 is 0. The Morgan fingerprint density at radius 2 is 1.94 bits per heavy atom. The minimum absolute atomic E-state index is 0.0185. The molecule has 0 aliphatic heterocycles. The molecule has 4 heteroatoms. The SMILES string of the molecule is CCC1C(C)=Cc2ccc(C)c(CCC(C)=Nc3cc(C(N)=O)ccc3OC(C)C)c21. The Balaban J connectivity index is 1.87. The van der Waals surface area contributed by atoms with E-state index in [1.54, 1.807) is 18.2 Å². The van der Waals surface area contributed by atoms with Crippen molar-refractivity contribution in [2.24, 2.45) is 10.7 Å². The minimum Gasteiger partial charge on any atom is -0.489 e. The molecule has 0 heterocycles. The molecule has 2 N–H and O–H groups in total. The average Bonchev–Trinajstić information content (AvgIpc) is 3.03. The zero-order valence-corrected chi connectivity index (χ0v) is 19.6. The van der Waals surface area contributed by atoms with Gasteiger partial charge in [0.1, 0.15) is 11.4 Å². The molecule has 0 aromatic heterocycles. The van der Waals surface area contributed by atoms with E-state index in [2.05, 4.69) is 39.0 Å². The van der Waals surface area contributed by atoms with Gasteiger partial charge in [0.2, 0.25) is 5.91 Å². The molecule has 1 unspecified atom stereocenters. The Morgan fingerprint density at radius 1 is 1.19 bits per heavy atom. The van der Waals surface area contributed by atoms with E-state index in [9.17, 15) is 4.79 Å². The molecule has 1 atom stereocenters. The largest absolute Gasteiger partial charge is 0.489 e. The van der Waals surface area contributed by atoms with Crippen molar-refractivity contribution >= 4 is 23.4 Å². The van der Waals surface area contributed by atoms with Crippen molar-refractivity contribution < 1.29 is 9.53 Å². The lowest BCUT2D eigenvalue weighted by atomic mass is 9.86. The molecule has 2 aromatic rings. The third-order valence-electron chi connectivity index (χ3n) is 5.97. The summed E-state index contributed by atoms with van der Waals surface area (Å²) in [6.45, 7) is 12.7. The van der Waals surface area contributed by atoms with Gasteiger partial charge in [-0.15, -0.1) is 0 Å². The summed E-state index contributed by atoms with van der Waals surface area (Å²) in [5.74, 6) is 0.719. The number of amides is 1.